The van der Waals surface area contributed by atoms with Crippen molar-refractivity contribution in [3.8, 4) is 0 Å². The Morgan fingerprint density at radius 1 is 1.14 bits per heavy atom. The summed E-state index contributed by atoms with van der Waals surface area (Å²) in [5.74, 6) is 0. The summed E-state index contributed by atoms with van der Waals surface area (Å²) in [5.41, 5.74) is 0. The first-order chi connectivity index (χ1) is 2.00. The van der Waals surface area contributed by atoms with Crippen LogP contribution in [0.2, 0.25) is 0 Å². The van der Waals surface area contributed by atoms with Gasteiger partial charge < -0.3 is 14.7 Å². The van der Waals surface area contributed by atoms with Gasteiger partial charge in [-0.3, -0.25) is 0 Å². The van der Waals surface area contributed by atoms with Gasteiger partial charge in [-0.15, -0.1) is 0 Å². The van der Waals surface area contributed by atoms with Crippen LogP contribution in [0.15, 0.2) is 0 Å². The molecule has 0 aromatic carbocycles. The van der Waals surface area contributed by atoms with E-state index in [1.807, 2.05) is 0 Å². The molecule has 43 valence electrons. The zero-order chi connectivity index (χ0) is 4.50. The number of rotatable bonds is 0. The van der Waals surface area contributed by atoms with Crippen molar-refractivity contribution in [2.75, 3.05) is 0 Å². The Morgan fingerprint density at radius 3 is 1.14 bits per heavy atom. The van der Waals surface area contributed by atoms with E-state index >= 15 is 0 Å². The van der Waals surface area contributed by atoms with Crippen LogP contribution in [-0.2, 0) is 21.6 Å². The van der Waals surface area contributed by atoms with E-state index in [1.54, 1.807) is 0 Å². The minimum atomic E-state index is -4.64. The molecule has 0 amide bonds. The standard InChI is InChI=1S/Mg.Mn.H3O4P.2H/c;;1-5(2,3)4;;/h;;(H3,1,2,3,4);;. The van der Waals surface area contributed by atoms with Crippen LogP contribution in [0.4, 0.5) is 0 Å². The third kappa shape index (κ3) is 111. The molecular formula is H5MgMnO4P. The van der Waals surface area contributed by atoms with Crippen LogP contribution >= 0.6 is 7.82 Å². The summed E-state index contributed by atoms with van der Waals surface area (Å²) in [7, 11) is -4.64. The van der Waals surface area contributed by atoms with E-state index in [0.717, 1.165) is 0 Å². The van der Waals surface area contributed by atoms with Crippen molar-refractivity contribution in [3.05, 3.63) is 0 Å². The fourth-order valence-electron chi connectivity index (χ4n) is 0. The zero-order valence-corrected chi connectivity index (χ0v) is 4.65. The minimum Gasteiger partial charge on any atom is -0.303 e. The van der Waals surface area contributed by atoms with Crippen LogP contribution in [0, 0.1) is 0 Å². The fraction of sp³-hybridized carbons (Fsp3) is 0. The molecule has 0 fully saturated rings. The molecule has 0 aliphatic heterocycles. The van der Waals surface area contributed by atoms with Crippen LogP contribution in [0.5, 0.6) is 0 Å². The summed E-state index contributed by atoms with van der Waals surface area (Å²) in [5, 5.41) is 0. The van der Waals surface area contributed by atoms with Gasteiger partial charge in [0.25, 0.3) is 0 Å². The van der Waals surface area contributed by atoms with Gasteiger partial charge in [-0.2, -0.15) is 0 Å². The predicted octanol–water partition coefficient (Wildman–Crippen LogP) is -1.85. The van der Waals surface area contributed by atoms with Gasteiger partial charge in [0.15, 0.2) is 0 Å². The maximum atomic E-state index is 8.88. The van der Waals surface area contributed by atoms with Crippen LogP contribution in [0.25, 0.3) is 0 Å². The molecule has 7 heavy (non-hydrogen) atoms. The van der Waals surface area contributed by atoms with E-state index in [1.165, 1.54) is 0 Å². The van der Waals surface area contributed by atoms with Gasteiger partial charge in [-0.05, 0) is 0 Å². The number of hydrogen-bond acceptors (Lipinski definition) is 1. The third-order valence-electron chi connectivity index (χ3n) is 0. The Hall–Kier alpha value is 1.40. The maximum Gasteiger partial charge on any atom is 0.466 e. The van der Waals surface area contributed by atoms with Crippen LogP contribution in [0.3, 0.4) is 0 Å². The second-order valence-corrected chi connectivity index (χ2v) is 1.54. The summed E-state index contributed by atoms with van der Waals surface area (Å²) in [6, 6.07) is 0. The van der Waals surface area contributed by atoms with Gasteiger partial charge in [-0.1, -0.05) is 0 Å². The SMILES string of the molecule is O=P(O)(O)O.[MgH2].[Mn]. The molecule has 0 aliphatic rings. The normalized spacial score (nSPS) is 8.43. The van der Waals surface area contributed by atoms with Crippen LogP contribution in [-0.4, -0.2) is 37.7 Å². The van der Waals surface area contributed by atoms with Gasteiger partial charge in [0, 0.05) is 17.1 Å². The zero-order valence-electron chi connectivity index (χ0n) is 2.58. The van der Waals surface area contributed by atoms with Crippen molar-refractivity contribution in [3.63, 3.8) is 0 Å². The maximum absolute atomic E-state index is 8.88. The molecule has 0 saturated carbocycles. The summed E-state index contributed by atoms with van der Waals surface area (Å²) in [6.07, 6.45) is 0. The number of hydrogen-bond donors (Lipinski definition) is 3. The first-order valence-corrected chi connectivity index (χ1v) is 2.35. The molecular weight excluding hydrogens is 174 g/mol. The predicted molar refractivity (Wildman–Crippen MR) is 22.8 cm³/mol. The van der Waals surface area contributed by atoms with Gasteiger partial charge in [0.1, 0.15) is 0 Å². The summed E-state index contributed by atoms with van der Waals surface area (Å²) in [6.45, 7) is 0. The molecule has 0 heterocycles. The first-order valence-electron chi connectivity index (χ1n) is 0.783. The Bertz CT molecular complexity index is 57.8. The van der Waals surface area contributed by atoms with Crippen LogP contribution in [0.1, 0.15) is 0 Å². The quantitative estimate of drug-likeness (QED) is 0.301. The Labute approximate surface area is 67.2 Å². The smallest absolute Gasteiger partial charge is 0.303 e. The summed E-state index contributed by atoms with van der Waals surface area (Å²) in [4.78, 5) is 21.6. The molecule has 0 bridgehead atoms. The minimum absolute atomic E-state index is 0. The second kappa shape index (κ2) is 5.53. The van der Waals surface area contributed by atoms with E-state index < -0.39 is 7.82 Å². The topological polar surface area (TPSA) is 77.8 Å². The molecule has 1 radical (unpaired) electrons. The monoisotopic (exact) mass is 179 g/mol. The van der Waals surface area contributed by atoms with Crippen molar-refractivity contribution in [1.82, 2.24) is 0 Å². The van der Waals surface area contributed by atoms with E-state index in [9.17, 15) is 0 Å². The first kappa shape index (κ1) is 15.8. The van der Waals surface area contributed by atoms with Crippen molar-refractivity contribution >= 4 is 30.9 Å². The molecule has 0 unspecified atom stereocenters. The molecule has 7 heteroatoms. The molecule has 0 aromatic rings. The number of phosphoric acid groups is 1. The molecule has 0 saturated heterocycles. The molecule has 0 aliphatic carbocycles. The molecule has 0 atom stereocenters. The van der Waals surface area contributed by atoms with E-state index in [2.05, 4.69) is 0 Å². The van der Waals surface area contributed by atoms with Crippen molar-refractivity contribution in [2.24, 2.45) is 0 Å². The van der Waals surface area contributed by atoms with Gasteiger partial charge in [0.2, 0.25) is 0 Å². The molecule has 0 rings (SSSR count). The van der Waals surface area contributed by atoms with E-state index in [4.69, 9.17) is 19.2 Å². The molecule has 0 spiro atoms. The van der Waals surface area contributed by atoms with Gasteiger partial charge in [-0.25, -0.2) is 4.57 Å². The van der Waals surface area contributed by atoms with Gasteiger partial charge in [0.05, 0.1) is 0 Å². The van der Waals surface area contributed by atoms with E-state index in [0.29, 0.717) is 0 Å². The Kier molecular flexibility index (Phi) is 12.5. The average molecular weight is 179 g/mol. The van der Waals surface area contributed by atoms with Crippen molar-refractivity contribution in [2.45, 2.75) is 0 Å². The Morgan fingerprint density at radius 2 is 1.14 bits per heavy atom. The van der Waals surface area contributed by atoms with E-state index in [-0.39, 0.29) is 40.1 Å². The molecule has 3 N–H and O–H groups in total. The Balaban J connectivity index is -0.0000000800. The molecule has 4 nitrogen and oxygen atoms in total. The fourth-order valence-corrected chi connectivity index (χ4v) is 0. The largest absolute Gasteiger partial charge is 0.466 e. The van der Waals surface area contributed by atoms with Crippen LogP contribution < -0.4 is 0 Å². The summed E-state index contributed by atoms with van der Waals surface area (Å²) < 4.78 is 8.88. The van der Waals surface area contributed by atoms with Gasteiger partial charge >= 0.3 is 30.9 Å². The molecule has 0 aromatic heterocycles. The average Bonchev–Trinajstić information content (AvgIpc) is 0.722. The van der Waals surface area contributed by atoms with Crippen molar-refractivity contribution in [1.29, 1.82) is 0 Å². The third-order valence-corrected chi connectivity index (χ3v) is 0. The summed E-state index contributed by atoms with van der Waals surface area (Å²) >= 11 is 0. The van der Waals surface area contributed by atoms with Crippen molar-refractivity contribution < 1.29 is 36.3 Å². The second-order valence-electron chi connectivity index (χ2n) is 0.513.